The minimum Gasteiger partial charge on any atom is -0.490 e. The number of H-pyrrole nitrogens is 1. The first-order valence-electron chi connectivity index (χ1n) is 15.8. The second kappa shape index (κ2) is 13.3. The maximum Gasteiger partial charge on any atom is 0.253 e. The van der Waals surface area contributed by atoms with Crippen LogP contribution in [0, 0.1) is 13.8 Å². The molecule has 3 fully saturated rings. The van der Waals surface area contributed by atoms with Crippen LogP contribution in [0.4, 0.5) is 14.5 Å². The molecular formula is C33H45ClF2N4O4. The first kappa shape index (κ1) is 32.7. The van der Waals surface area contributed by atoms with Gasteiger partial charge in [0.05, 0.1) is 28.5 Å². The predicted molar refractivity (Wildman–Crippen MR) is 168 cm³/mol. The van der Waals surface area contributed by atoms with Crippen LogP contribution in [0.25, 0.3) is 0 Å². The van der Waals surface area contributed by atoms with Crippen molar-refractivity contribution in [1.82, 2.24) is 15.2 Å². The second-order valence-electron chi connectivity index (χ2n) is 12.9. The van der Waals surface area contributed by atoms with Crippen molar-refractivity contribution < 1.29 is 23.0 Å². The molecule has 11 heteroatoms. The van der Waals surface area contributed by atoms with Gasteiger partial charge in [0.2, 0.25) is 5.92 Å². The van der Waals surface area contributed by atoms with Crippen molar-refractivity contribution in [3.8, 4) is 5.75 Å². The molecule has 2 aromatic rings. The number of aromatic amines is 1. The minimum absolute atomic E-state index is 0.0180. The number of hydrogen-bond donors (Lipinski definition) is 2. The monoisotopic (exact) mass is 634 g/mol. The van der Waals surface area contributed by atoms with Crippen LogP contribution < -0.4 is 20.5 Å². The van der Waals surface area contributed by atoms with Gasteiger partial charge in [-0.15, -0.1) is 0 Å². The highest BCUT2D eigenvalue weighted by molar-refractivity contribution is 6.36. The molecule has 1 aliphatic heterocycles. The number of morpholine rings is 1. The van der Waals surface area contributed by atoms with E-state index < -0.39 is 11.8 Å². The number of aryl methyl sites for hydroxylation is 2. The highest BCUT2D eigenvalue weighted by Crippen LogP contribution is 2.41. The van der Waals surface area contributed by atoms with Gasteiger partial charge in [-0.1, -0.05) is 11.6 Å². The summed E-state index contributed by atoms with van der Waals surface area (Å²) in [6.07, 6.45) is 2.41. The highest BCUT2D eigenvalue weighted by Gasteiger charge is 2.39. The van der Waals surface area contributed by atoms with Crippen molar-refractivity contribution in [2.24, 2.45) is 0 Å². The van der Waals surface area contributed by atoms with E-state index in [0.29, 0.717) is 42.4 Å². The smallest absolute Gasteiger partial charge is 0.253 e. The second-order valence-corrected chi connectivity index (χ2v) is 13.3. The molecule has 5 rings (SSSR count). The van der Waals surface area contributed by atoms with Crippen LogP contribution in [-0.2, 0) is 11.3 Å². The first-order chi connectivity index (χ1) is 20.8. The number of carbonyl (C=O) groups excluding carboxylic acids is 1. The van der Waals surface area contributed by atoms with Gasteiger partial charge in [0.1, 0.15) is 11.9 Å². The summed E-state index contributed by atoms with van der Waals surface area (Å²) in [4.78, 5) is 33.4. The molecule has 2 atom stereocenters. The number of ether oxygens (including phenoxy) is 2. The molecule has 8 nitrogen and oxygen atoms in total. The number of alkyl halides is 2. The van der Waals surface area contributed by atoms with Crippen LogP contribution in [0.15, 0.2) is 23.0 Å². The average molecular weight is 635 g/mol. The summed E-state index contributed by atoms with van der Waals surface area (Å²) < 4.78 is 40.4. The number of amides is 1. The SMILES string of the molecule is CCN(c1cc(OC2CC(N3CC(C)OC(C)C3)C2)cc(C(=O)NCc2c(C)cc(C)[nH]c2=O)c1Cl)C1CCC(F)(F)CC1. The summed E-state index contributed by atoms with van der Waals surface area (Å²) in [5.41, 5.74) is 2.58. The van der Waals surface area contributed by atoms with Gasteiger partial charge in [0.15, 0.2) is 0 Å². The van der Waals surface area contributed by atoms with Gasteiger partial charge in [0.25, 0.3) is 11.5 Å². The van der Waals surface area contributed by atoms with E-state index in [1.165, 1.54) is 0 Å². The molecule has 1 saturated heterocycles. The lowest BCUT2D eigenvalue weighted by Crippen LogP contribution is -2.56. The van der Waals surface area contributed by atoms with Gasteiger partial charge in [-0.05, 0) is 65.2 Å². The van der Waals surface area contributed by atoms with Gasteiger partial charge in [-0.25, -0.2) is 8.78 Å². The van der Waals surface area contributed by atoms with E-state index in [2.05, 4.69) is 29.0 Å². The lowest BCUT2D eigenvalue weighted by molar-refractivity contribution is -0.103. The van der Waals surface area contributed by atoms with Gasteiger partial charge in [-0.3, -0.25) is 14.5 Å². The van der Waals surface area contributed by atoms with Crippen molar-refractivity contribution in [3.05, 3.63) is 56.0 Å². The number of aromatic nitrogens is 1. The molecule has 242 valence electrons. The fourth-order valence-electron chi connectivity index (χ4n) is 6.99. The molecule has 2 saturated carbocycles. The van der Waals surface area contributed by atoms with E-state index in [9.17, 15) is 18.4 Å². The number of halogens is 3. The van der Waals surface area contributed by atoms with E-state index in [4.69, 9.17) is 21.1 Å². The number of benzene rings is 1. The topological polar surface area (TPSA) is 86.9 Å². The Labute approximate surface area is 263 Å². The highest BCUT2D eigenvalue weighted by atomic mass is 35.5. The Bertz CT molecular complexity index is 1390. The Kier molecular flexibility index (Phi) is 9.92. The van der Waals surface area contributed by atoms with Crippen molar-refractivity contribution >= 4 is 23.2 Å². The molecule has 1 aromatic heterocycles. The lowest BCUT2D eigenvalue weighted by Gasteiger charge is -2.47. The van der Waals surface area contributed by atoms with Gasteiger partial charge in [-0.2, -0.15) is 0 Å². The summed E-state index contributed by atoms with van der Waals surface area (Å²) >= 11 is 6.93. The van der Waals surface area contributed by atoms with E-state index in [1.807, 2.05) is 37.8 Å². The number of rotatable bonds is 9. The maximum absolute atomic E-state index is 14.0. The van der Waals surface area contributed by atoms with Gasteiger partial charge < -0.3 is 24.7 Å². The molecular weight excluding hydrogens is 590 g/mol. The molecule has 1 amide bonds. The standard InChI is InChI=1S/C33H45ClF2N4O4/c1-6-40(23-7-9-33(35,36)10-8-23)29-15-26(44-25-12-24(13-25)39-17-21(4)43-22(5)18-39)14-27(30(29)34)31(41)37-16-28-19(2)11-20(3)38-32(28)42/h11,14-15,21-25H,6-10,12-13,16-18H2,1-5H3,(H,37,41)(H,38,42). The fraction of sp³-hybridized carbons (Fsp3) is 0.636. The average Bonchev–Trinajstić information content (AvgIpc) is 2.91. The summed E-state index contributed by atoms with van der Waals surface area (Å²) in [7, 11) is 0. The van der Waals surface area contributed by atoms with E-state index >= 15 is 0 Å². The Morgan fingerprint density at radius 1 is 1.16 bits per heavy atom. The third kappa shape index (κ3) is 7.40. The Morgan fingerprint density at radius 2 is 1.82 bits per heavy atom. The Balaban J connectivity index is 1.37. The van der Waals surface area contributed by atoms with Crippen LogP contribution in [0.5, 0.6) is 5.75 Å². The van der Waals surface area contributed by atoms with Crippen LogP contribution >= 0.6 is 11.6 Å². The molecule has 0 bridgehead atoms. The molecule has 2 unspecified atom stereocenters. The number of hydrogen-bond acceptors (Lipinski definition) is 6. The normalized spacial score (nSPS) is 25.7. The largest absolute Gasteiger partial charge is 0.490 e. The van der Waals surface area contributed by atoms with E-state index in [1.54, 1.807) is 6.07 Å². The van der Waals surface area contributed by atoms with Crippen LogP contribution in [0.1, 0.15) is 86.5 Å². The number of nitrogens with zero attached hydrogens (tertiary/aromatic N) is 2. The van der Waals surface area contributed by atoms with E-state index in [0.717, 1.165) is 37.2 Å². The molecule has 3 aliphatic rings. The van der Waals surface area contributed by atoms with Crippen molar-refractivity contribution in [1.29, 1.82) is 0 Å². The molecule has 44 heavy (non-hydrogen) atoms. The summed E-state index contributed by atoms with van der Waals surface area (Å²) in [6.45, 7) is 12.2. The lowest BCUT2D eigenvalue weighted by atomic mass is 9.87. The van der Waals surface area contributed by atoms with E-state index in [-0.39, 0.29) is 59.9 Å². The summed E-state index contributed by atoms with van der Waals surface area (Å²) in [6, 6.07) is 5.64. The molecule has 2 heterocycles. The molecule has 1 aromatic carbocycles. The van der Waals surface area contributed by atoms with Crippen molar-refractivity contribution in [2.45, 2.75) is 116 Å². The summed E-state index contributed by atoms with van der Waals surface area (Å²) in [5, 5.41) is 3.11. The zero-order valence-corrected chi connectivity index (χ0v) is 27.1. The maximum atomic E-state index is 14.0. The van der Waals surface area contributed by atoms with Crippen LogP contribution in [0.2, 0.25) is 5.02 Å². The van der Waals surface area contributed by atoms with Gasteiger partial charge >= 0.3 is 0 Å². The third-order valence-electron chi connectivity index (χ3n) is 9.31. The Hall–Kier alpha value is -2.69. The predicted octanol–water partition coefficient (Wildman–Crippen LogP) is 6.00. The first-order valence-corrected chi connectivity index (χ1v) is 16.2. The number of nitrogens with one attached hydrogen (secondary N) is 2. The molecule has 0 radical (unpaired) electrons. The minimum atomic E-state index is -2.65. The van der Waals surface area contributed by atoms with Crippen molar-refractivity contribution in [3.63, 3.8) is 0 Å². The zero-order valence-electron chi connectivity index (χ0n) is 26.4. The summed E-state index contributed by atoms with van der Waals surface area (Å²) in [5.74, 6) is -2.57. The number of pyridine rings is 1. The zero-order chi connectivity index (χ0) is 31.8. The number of anilines is 1. The molecule has 0 spiro atoms. The quantitative estimate of drug-likeness (QED) is 0.352. The molecule has 2 N–H and O–H groups in total. The fourth-order valence-corrected chi connectivity index (χ4v) is 7.30. The van der Waals surface area contributed by atoms with Crippen LogP contribution in [-0.4, -0.2) is 71.7 Å². The third-order valence-corrected chi connectivity index (χ3v) is 9.70. The number of carbonyl (C=O) groups is 1. The van der Waals surface area contributed by atoms with Gasteiger partial charge in [0, 0.05) is 81.3 Å². The molecule has 2 aliphatic carbocycles. The van der Waals surface area contributed by atoms with Crippen molar-refractivity contribution in [2.75, 3.05) is 24.5 Å². The van der Waals surface area contributed by atoms with Crippen LogP contribution in [0.3, 0.4) is 0 Å². The Morgan fingerprint density at radius 3 is 2.43 bits per heavy atom.